The molecule has 0 aliphatic heterocycles. The molecular weight excluding hydrogens is 783 g/mol. The van der Waals surface area contributed by atoms with E-state index < -0.39 is 12.1 Å². The second-order valence-corrected chi connectivity index (χ2v) is 20.1. The van der Waals surface area contributed by atoms with Crippen LogP contribution in [0.2, 0.25) is 0 Å². The Morgan fingerprint density at radius 1 is 0.359 bits per heavy atom. The van der Waals surface area contributed by atoms with E-state index in [4.69, 9.17) is 0 Å². The van der Waals surface area contributed by atoms with Crippen LogP contribution in [0.25, 0.3) is 0 Å². The van der Waals surface area contributed by atoms with E-state index in [9.17, 15) is 15.0 Å². The molecule has 0 aromatic heterocycles. The third-order valence-electron chi connectivity index (χ3n) is 13.6. The van der Waals surface area contributed by atoms with E-state index in [1.807, 2.05) is 6.08 Å². The topological polar surface area (TPSA) is 69.6 Å². The highest BCUT2D eigenvalue weighted by Gasteiger charge is 2.18. The maximum Gasteiger partial charge on any atom is 0.220 e. The molecular formula is C60H115NO3. The Balaban J connectivity index is 3.50. The van der Waals surface area contributed by atoms with Gasteiger partial charge >= 0.3 is 0 Å². The number of allylic oxidation sites excluding steroid dienone is 5. The summed E-state index contributed by atoms with van der Waals surface area (Å²) in [6, 6.07) is -0.640. The summed E-state index contributed by atoms with van der Waals surface area (Å²) in [5, 5.41) is 23.2. The Hall–Kier alpha value is -1.39. The van der Waals surface area contributed by atoms with Crippen LogP contribution in [0.1, 0.15) is 322 Å². The second-order valence-electron chi connectivity index (χ2n) is 20.1. The van der Waals surface area contributed by atoms with Gasteiger partial charge in [-0.25, -0.2) is 0 Å². The Morgan fingerprint density at radius 3 is 0.906 bits per heavy atom. The molecule has 0 aliphatic rings. The predicted molar refractivity (Wildman–Crippen MR) is 285 cm³/mol. The Labute approximate surface area is 402 Å². The molecule has 0 spiro atoms. The first kappa shape index (κ1) is 62.6. The van der Waals surface area contributed by atoms with Gasteiger partial charge in [-0.05, 0) is 57.8 Å². The fraction of sp³-hybridized carbons (Fsp3) is 0.883. The van der Waals surface area contributed by atoms with Crippen molar-refractivity contribution in [2.24, 2.45) is 0 Å². The van der Waals surface area contributed by atoms with Gasteiger partial charge in [0.05, 0.1) is 18.8 Å². The van der Waals surface area contributed by atoms with Crippen molar-refractivity contribution in [1.29, 1.82) is 0 Å². The summed E-state index contributed by atoms with van der Waals surface area (Å²) in [5.41, 5.74) is 0. The number of carbonyl (C=O) groups is 1. The van der Waals surface area contributed by atoms with Crippen LogP contribution in [-0.2, 0) is 4.79 Å². The summed E-state index contributed by atoms with van der Waals surface area (Å²) >= 11 is 0. The zero-order valence-corrected chi connectivity index (χ0v) is 43.6. The molecule has 3 N–H and O–H groups in total. The van der Waals surface area contributed by atoms with Crippen LogP contribution in [0.4, 0.5) is 0 Å². The van der Waals surface area contributed by atoms with Crippen molar-refractivity contribution in [3.05, 3.63) is 36.5 Å². The third kappa shape index (κ3) is 51.6. The van der Waals surface area contributed by atoms with E-state index in [1.165, 1.54) is 270 Å². The highest BCUT2D eigenvalue weighted by Crippen LogP contribution is 2.17. The van der Waals surface area contributed by atoms with Crippen LogP contribution in [0.15, 0.2) is 36.5 Å². The van der Waals surface area contributed by atoms with Gasteiger partial charge < -0.3 is 15.5 Å². The lowest BCUT2D eigenvalue weighted by Crippen LogP contribution is -2.45. The first-order valence-corrected chi connectivity index (χ1v) is 29.2. The normalized spacial score (nSPS) is 13.0. The molecule has 0 bridgehead atoms. The van der Waals surface area contributed by atoms with Crippen molar-refractivity contribution < 1.29 is 15.0 Å². The summed E-state index contributed by atoms with van der Waals surface area (Å²) < 4.78 is 0. The van der Waals surface area contributed by atoms with Gasteiger partial charge in [-0.15, -0.1) is 0 Å². The van der Waals surface area contributed by atoms with E-state index in [0.29, 0.717) is 6.42 Å². The lowest BCUT2D eigenvalue weighted by Gasteiger charge is -2.19. The molecule has 0 aliphatic carbocycles. The maximum absolute atomic E-state index is 12.5. The van der Waals surface area contributed by atoms with Crippen LogP contribution in [0, 0.1) is 0 Å². The minimum Gasteiger partial charge on any atom is -0.394 e. The van der Waals surface area contributed by atoms with Crippen molar-refractivity contribution in [2.45, 2.75) is 334 Å². The van der Waals surface area contributed by atoms with E-state index in [0.717, 1.165) is 32.1 Å². The molecule has 0 saturated carbocycles. The number of rotatable bonds is 54. The molecule has 4 heteroatoms. The Morgan fingerprint density at radius 2 is 0.609 bits per heavy atom. The van der Waals surface area contributed by atoms with Crippen molar-refractivity contribution >= 4 is 5.91 Å². The Kier molecular flexibility index (Phi) is 54.7. The number of hydrogen-bond donors (Lipinski definition) is 3. The average Bonchev–Trinajstić information content (AvgIpc) is 3.30. The summed E-state index contributed by atoms with van der Waals surface area (Å²) in [5.74, 6) is -0.0704. The van der Waals surface area contributed by atoms with Gasteiger partial charge in [0.15, 0.2) is 0 Å². The smallest absolute Gasteiger partial charge is 0.220 e. The van der Waals surface area contributed by atoms with Crippen molar-refractivity contribution in [2.75, 3.05) is 6.61 Å². The van der Waals surface area contributed by atoms with Crippen LogP contribution in [0.5, 0.6) is 0 Å². The first-order chi connectivity index (χ1) is 31.7. The van der Waals surface area contributed by atoms with Gasteiger partial charge in [0, 0.05) is 6.42 Å². The average molecular weight is 899 g/mol. The standard InChI is InChI=1S/C60H115NO3/c1-3-5-7-9-11-13-15-17-19-21-23-25-27-28-29-30-31-32-34-35-37-39-41-43-45-47-49-51-53-55-59(63)58(57-62)61-60(64)56-54-52-50-48-46-44-42-40-38-36-33-26-24-22-20-18-16-14-12-10-8-6-4-2/h22,24,45,47,53,55,58-59,62-63H,3-21,23,25-44,46,48-52,54,56-57H2,1-2H3,(H,61,64)/b24-22-,47-45+,55-53+. The molecule has 378 valence electrons. The highest BCUT2D eigenvalue weighted by atomic mass is 16.3. The van der Waals surface area contributed by atoms with Crippen LogP contribution in [0.3, 0.4) is 0 Å². The fourth-order valence-electron chi connectivity index (χ4n) is 9.13. The molecule has 0 saturated heterocycles. The van der Waals surface area contributed by atoms with Crippen LogP contribution < -0.4 is 5.32 Å². The molecule has 0 radical (unpaired) electrons. The minimum absolute atomic E-state index is 0.0704. The van der Waals surface area contributed by atoms with Gasteiger partial charge in [-0.2, -0.15) is 0 Å². The number of nitrogens with one attached hydrogen (secondary N) is 1. The van der Waals surface area contributed by atoms with Crippen molar-refractivity contribution in [3.63, 3.8) is 0 Å². The molecule has 0 rings (SSSR count). The molecule has 4 nitrogen and oxygen atoms in total. The highest BCUT2D eigenvalue weighted by molar-refractivity contribution is 5.76. The maximum atomic E-state index is 12.5. The summed E-state index contributed by atoms with van der Waals surface area (Å²) in [7, 11) is 0. The molecule has 64 heavy (non-hydrogen) atoms. The van der Waals surface area contributed by atoms with Crippen molar-refractivity contribution in [3.8, 4) is 0 Å². The summed E-state index contributed by atoms with van der Waals surface area (Å²) in [6.45, 7) is 4.33. The number of aliphatic hydroxyl groups is 2. The molecule has 0 fully saturated rings. The zero-order valence-electron chi connectivity index (χ0n) is 43.6. The first-order valence-electron chi connectivity index (χ1n) is 29.2. The third-order valence-corrected chi connectivity index (χ3v) is 13.6. The zero-order chi connectivity index (χ0) is 46.3. The molecule has 2 atom stereocenters. The Bertz CT molecular complexity index is 974. The largest absolute Gasteiger partial charge is 0.394 e. The quantitative estimate of drug-likeness (QED) is 0.0421. The number of aliphatic hydroxyl groups excluding tert-OH is 2. The van der Waals surface area contributed by atoms with Gasteiger partial charge in [0.1, 0.15) is 0 Å². The van der Waals surface area contributed by atoms with Crippen LogP contribution in [-0.4, -0.2) is 34.9 Å². The van der Waals surface area contributed by atoms with E-state index in [2.05, 4.69) is 43.5 Å². The molecule has 0 heterocycles. The van der Waals surface area contributed by atoms with Crippen LogP contribution >= 0.6 is 0 Å². The van der Waals surface area contributed by atoms with Gasteiger partial charge in [-0.1, -0.05) is 294 Å². The SMILES string of the molecule is CCCCCCCCCC/C=C\CCCCCCCCCCCCCC(=O)NC(CO)C(O)/C=C/CC/C=C/CCCCCCCCCCCCCCCCCCCCCCCCC. The van der Waals surface area contributed by atoms with Crippen molar-refractivity contribution in [1.82, 2.24) is 5.32 Å². The lowest BCUT2D eigenvalue weighted by atomic mass is 10.0. The number of carbonyl (C=O) groups excluding carboxylic acids is 1. The summed E-state index contributed by atoms with van der Waals surface area (Å²) in [6.07, 6.45) is 76.1. The van der Waals surface area contributed by atoms with Gasteiger partial charge in [0.25, 0.3) is 0 Å². The number of unbranched alkanes of at least 4 members (excludes halogenated alkanes) is 43. The predicted octanol–water partition coefficient (Wildman–Crippen LogP) is 19.3. The van der Waals surface area contributed by atoms with Gasteiger partial charge in [-0.3, -0.25) is 4.79 Å². The minimum atomic E-state index is -0.863. The number of hydrogen-bond acceptors (Lipinski definition) is 3. The summed E-state index contributed by atoms with van der Waals surface area (Å²) in [4.78, 5) is 12.5. The monoisotopic (exact) mass is 898 g/mol. The number of amides is 1. The molecule has 0 aromatic carbocycles. The molecule has 0 aromatic rings. The van der Waals surface area contributed by atoms with E-state index in [-0.39, 0.29) is 12.5 Å². The van der Waals surface area contributed by atoms with E-state index >= 15 is 0 Å². The second kappa shape index (κ2) is 55.9. The van der Waals surface area contributed by atoms with E-state index in [1.54, 1.807) is 6.08 Å². The lowest BCUT2D eigenvalue weighted by molar-refractivity contribution is -0.123. The molecule has 1 amide bonds. The fourth-order valence-corrected chi connectivity index (χ4v) is 9.13. The molecule has 2 unspecified atom stereocenters. The van der Waals surface area contributed by atoms with Gasteiger partial charge in [0.2, 0.25) is 5.91 Å².